The standard InChI is InChI=1S/C20H20ClNO/c21-16-10-8-15(9-11-16)20(12-13-20)19(23)22-18-7-3-5-14-4-1-2-6-17(14)18/h1-2,4,6,8-11,18H,3,5,7,12-13H2,(H,22,23). The number of aryl methyl sites for hydroxylation is 1. The van der Waals surface area contributed by atoms with Crippen LogP contribution in [0.2, 0.25) is 5.02 Å². The van der Waals surface area contributed by atoms with Crippen LogP contribution in [0.25, 0.3) is 0 Å². The minimum atomic E-state index is -0.336. The average Bonchev–Trinajstić information content (AvgIpc) is 3.38. The fraction of sp³-hybridized carbons (Fsp3) is 0.350. The zero-order valence-electron chi connectivity index (χ0n) is 13.0. The molecule has 0 aromatic heterocycles. The van der Waals surface area contributed by atoms with Gasteiger partial charge in [-0.1, -0.05) is 48.0 Å². The summed E-state index contributed by atoms with van der Waals surface area (Å²) in [5, 5.41) is 4.03. The van der Waals surface area contributed by atoms with E-state index in [0.29, 0.717) is 5.02 Å². The molecule has 2 aromatic rings. The first-order valence-electron chi connectivity index (χ1n) is 8.34. The summed E-state index contributed by atoms with van der Waals surface area (Å²) in [6, 6.07) is 16.4. The number of carbonyl (C=O) groups excluding carboxylic acids is 1. The van der Waals surface area contributed by atoms with Crippen molar-refractivity contribution in [1.82, 2.24) is 5.32 Å². The fourth-order valence-electron chi connectivity index (χ4n) is 3.74. The largest absolute Gasteiger partial charge is 0.349 e. The lowest BCUT2D eigenvalue weighted by Gasteiger charge is -2.28. The number of hydrogen-bond acceptors (Lipinski definition) is 1. The molecule has 2 nitrogen and oxygen atoms in total. The van der Waals surface area contributed by atoms with Gasteiger partial charge in [0.15, 0.2) is 0 Å². The van der Waals surface area contributed by atoms with Crippen LogP contribution in [0.15, 0.2) is 48.5 Å². The second kappa shape index (κ2) is 5.68. The highest BCUT2D eigenvalue weighted by atomic mass is 35.5. The summed E-state index contributed by atoms with van der Waals surface area (Å²) in [6.45, 7) is 0. The molecular weight excluding hydrogens is 306 g/mol. The Bertz CT molecular complexity index is 734. The molecule has 118 valence electrons. The molecule has 23 heavy (non-hydrogen) atoms. The Morgan fingerprint density at radius 2 is 1.83 bits per heavy atom. The maximum Gasteiger partial charge on any atom is 0.231 e. The van der Waals surface area contributed by atoms with Crippen LogP contribution in [-0.4, -0.2) is 5.91 Å². The number of hydrogen-bond donors (Lipinski definition) is 1. The Morgan fingerprint density at radius 3 is 2.57 bits per heavy atom. The topological polar surface area (TPSA) is 29.1 Å². The van der Waals surface area contributed by atoms with Crippen LogP contribution in [0.1, 0.15) is 48.4 Å². The molecule has 1 saturated carbocycles. The van der Waals surface area contributed by atoms with Crippen molar-refractivity contribution in [2.45, 2.75) is 43.6 Å². The monoisotopic (exact) mass is 325 g/mol. The van der Waals surface area contributed by atoms with Crippen LogP contribution in [0.3, 0.4) is 0 Å². The van der Waals surface area contributed by atoms with E-state index in [1.165, 1.54) is 11.1 Å². The van der Waals surface area contributed by atoms with Crippen LogP contribution in [0.4, 0.5) is 0 Å². The first-order chi connectivity index (χ1) is 11.2. The Labute approximate surface area is 141 Å². The summed E-state index contributed by atoms with van der Waals surface area (Å²) in [4.78, 5) is 12.9. The average molecular weight is 326 g/mol. The van der Waals surface area contributed by atoms with Gasteiger partial charge in [0, 0.05) is 5.02 Å². The SMILES string of the molecule is O=C(NC1CCCc2ccccc21)C1(c2ccc(Cl)cc2)CC1. The molecule has 0 saturated heterocycles. The van der Waals surface area contributed by atoms with Gasteiger partial charge in [0.05, 0.1) is 11.5 Å². The predicted molar refractivity (Wildman–Crippen MR) is 92.6 cm³/mol. The summed E-state index contributed by atoms with van der Waals surface area (Å²) in [7, 11) is 0. The Hall–Kier alpha value is -1.80. The van der Waals surface area contributed by atoms with E-state index in [4.69, 9.17) is 11.6 Å². The first kappa shape index (κ1) is 14.8. The van der Waals surface area contributed by atoms with Gasteiger partial charge in [-0.3, -0.25) is 4.79 Å². The molecule has 3 heteroatoms. The van der Waals surface area contributed by atoms with Gasteiger partial charge < -0.3 is 5.32 Å². The molecule has 2 aliphatic rings. The maximum atomic E-state index is 12.9. The third kappa shape index (κ3) is 2.66. The third-order valence-corrected chi connectivity index (χ3v) is 5.51. The van der Waals surface area contributed by atoms with Crippen molar-refractivity contribution in [3.8, 4) is 0 Å². The molecule has 1 unspecified atom stereocenters. The van der Waals surface area contributed by atoms with Gasteiger partial charge in [0.1, 0.15) is 0 Å². The van der Waals surface area contributed by atoms with Crippen LogP contribution < -0.4 is 5.32 Å². The molecule has 1 fully saturated rings. The van der Waals surface area contributed by atoms with Crippen molar-refractivity contribution in [1.29, 1.82) is 0 Å². The number of halogens is 1. The Kier molecular flexibility index (Phi) is 3.65. The van der Waals surface area contributed by atoms with Crippen molar-refractivity contribution < 1.29 is 4.79 Å². The van der Waals surface area contributed by atoms with E-state index in [1.807, 2.05) is 24.3 Å². The summed E-state index contributed by atoms with van der Waals surface area (Å²) in [5.74, 6) is 0.168. The van der Waals surface area contributed by atoms with Crippen molar-refractivity contribution in [3.05, 3.63) is 70.2 Å². The highest BCUT2D eigenvalue weighted by molar-refractivity contribution is 6.30. The lowest BCUT2D eigenvalue weighted by Crippen LogP contribution is -2.38. The maximum absolute atomic E-state index is 12.9. The van der Waals surface area contributed by atoms with Gasteiger partial charge in [0.25, 0.3) is 0 Å². The normalized spacial score (nSPS) is 21.3. The number of fused-ring (bicyclic) bond motifs is 1. The first-order valence-corrected chi connectivity index (χ1v) is 8.72. The number of nitrogens with one attached hydrogen (secondary N) is 1. The molecular formula is C20H20ClNO. The van der Waals surface area contributed by atoms with Crippen LogP contribution in [-0.2, 0) is 16.6 Å². The van der Waals surface area contributed by atoms with Gasteiger partial charge in [0.2, 0.25) is 5.91 Å². The second-order valence-corrected chi connectivity index (χ2v) is 7.14. The molecule has 2 aromatic carbocycles. The molecule has 0 spiro atoms. The summed E-state index contributed by atoms with van der Waals surface area (Å²) in [5.41, 5.74) is 3.42. The summed E-state index contributed by atoms with van der Waals surface area (Å²) in [6.07, 6.45) is 5.13. The molecule has 2 aliphatic carbocycles. The molecule has 0 bridgehead atoms. The van der Waals surface area contributed by atoms with E-state index >= 15 is 0 Å². The molecule has 1 N–H and O–H groups in total. The lowest BCUT2D eigenvalue weighted by molar-refractivity contribution is -0.124. The van der Waals surface area contributed by atoms with E-state index in [1.54, 1.807) is 0 Å². The number of rotatable bonds is 3. The van der Waals surface area contributed by atoms with E-state index in [2.05, 4.69) is 29.6 Å². The van der Waals surface area contributed by atoms with Crippen LogP contribution in [0.5, 0.6) is 0 Å². The lowest BCUT2D eigenvalue weighted by atomic mass is 9.86. The summed E-state index contributed by atoms with van der Waals surface area (Å²) >= 11 is 5.97. The summed E-state index contributed by atoms with van der Waals surface area (Å²) < 4.78 is 0. The number of benzene rings is 2. The van der Waals surface area contributed by atoms with Gasteiger partial charge in [-0.05, 0) is 60.9 Å². The van der Waals surface area contributed by atoms with Crippen molar-refractivity contribution in [3.63, 3.8) is 0 Å². The molecule has 0 radical (unpaired) electrons. The van der Waals surface area contributed by atoms with Crippen LogP contribution >= 0.6 is 11.6 Å². The van der Waals surface area contributed by atoms with Crippen molar-refractivity contribution in [2.75, 3.05) is 0 Å². The minimum absolute atomic E-state index is 0.150. The van der Waals surface area contributed by atoms with Gasteiger partial charge in [-0.2, -0.15) is 0 Å². The quantitative estimate of drug-likeness (QED) is 0.880. The van der Waals surface area contributed by atoms with Crippen molar-refractivity contribution in [2.24, 2.45) is 0 Å². The fourth-order valence-corrected chi connectivity index (χ4v) is 3.87. The second-order valence-electron chi connectivity index (χ2n) is 6.71. The van der Waals surface area contributed by atoms with Crippen LogP contribution in [0, 0.1) is 0 Å². The van der Waals surface area contributed by atoms with E-state index in [9.17, 15) is 4.79 Å². The minimum Gasteiger partial charge on any atom is -0.349 e. The number of carbonyl (C=O) groups is 1. The third-order valence-electron chi connectivity index (χ3n) is 5.26. The van der Waals surface area contributed by atoms with E-state index in [-0.39, 0.29) is 17.4 Å². The molecule has 1 atom stereocenters. The predicted octanol–water partition coefficient (Wildman–Crippen LogP) is 4.57. The molecule has 4 rings (SSSR count). The smallest absolute Gasteiger partial charge is 0.231 e. The Morgan fingerprint density at radius 1 is 1.09 bits per heavy atom. The van der Waals surface area contributed by atoms with E-state index < -0.39 is 0 Å². The zero-order valence-corrected chi connectivity index (χ0v) is 13.8. The zero-order chi connectivity index (χ0) is 15.9. The van der Waals surface area contributed by atoms with Gasteiger partial charge in [-0.25, -0.2) is 0 Å². The van der Waals surface area contributed by atoms with E-state index in [0.717, 1.165) is 37.7 Å². The Balaban J connectivity index is 1.56. The molecule has 1 amide bonds. The number of amides is 1. The highest BCUT2D eigenvalue weighted by Crippen LogP contribution is 2.49. The van der Waals surface area contributed by atoms with Gasteiger partial charge in [-0.15, -0.1) is 0 Å². The highest BCUT2D eigenvalue weighted by Gasteiger charge is 2.51. The molecule has 0 aliphatic heterocycles. The van der Waals surface area contributed by atoms with Crippen molar-refractivity contribution >= 4 is 17.5 Å². The van der Waals surface area contributed by atoms with Gasteiger partial charge >= 0.3 is 0 Å². The molecule has 0 heterocycles.